The fourth-order valence-corrected chi connectivity index (χ4v) is 2.14. The summed E-state index contributed by atoms with van der Waals surface area (Å²) in [6.07, 6.45) is 1.81. The second-order valence-electron chi connectivity index (χ2n) is 3.75. The van der Waals surface area contributed by atoms with Crippen LogP contribution in [0.4, 0.5) is 0 Å². The number of halogens is 1. The summed E-state index contributed by atoms with van der Waals surface area (Å²) >= 11 is 3.46. The first kappa shape index (κ1) is 10.4. The van der Waals surface area contributed by atoms with Crippen molar-refractivity contribution >= 4 is 27.0 Å². The molecule has 0 radical (unpaired) electrons. The van der Waals surface area contributed by atoms with E-state index in [0.717, 1.165) is 26.8 Å². The maximum absolute atomic E-state index is 4.60. The first-order chi connectivity index (χ1) is 8.33. The van der Waals surface area contributed by atoms with Gasteiger partial charge in [0.1, 0.15) is 0 Å². The van der Waals surface area contributed by atoms with Crippen LogP contribution >= 0.6 is 15.9 Å². The quantitative estimate of drug-likeness (QED) is 0.673. The van der Waals surface area contributed by atoms with Gasteiger partial charge in [0.25, 0.3) is 0 Å². The molecule has 0 aliphatic rings. The van der Waals surface area contributed by atoms with Gasteiger partial charge in [-0.2, -0.15) is 0 Å². The van der Waals surface area contributed by atoms with Crippen LogP contribution in [0, 0.1) is 0 Å². The molecule has 17 heavy (non-hydrogen) atoms. The highest BCUT2D eigenvalue weighted by Crippen LogP contribution is 2.22. The molecule has 0 saturated carbocycles. The highest BCUT2D eigenvalue weighted by molar-refractivity contribution is 9.10. The average Bonchev–Trinajstić information content (AvgIpc) is 2.38. The van der Waals surface area contributed by atoms with Crippen molar-refractivity contribution in [2.45, 2.75) is 0 Å². The van der Waals surface area contributed by atoms with E-state index in [1.54, 1.807) is 0 Å². The van der Waals surface area contributed by atoms with E-state index in [-0.39, 0.29) is 0 Å². The molecule has 1 aromatic heterocycles. The molecule has 0 atom stereocenters. The van der Waals surface area contributed by atoms with Crippen LogP contribution in [0.3, 0.4) is 0 Å². The zero-order valence-corrected chi connectivity index (χ0v) is 10.6. The van der Waals surface area contributed by atoms with Gasteiger partial charge in [0.15, 0.2) is 0 Å². The molecule has 0 fully saturated rings. The Morgan fingerprint density at radius 2 is 1.71 bits per heavy atom. The van der Waals surface area contributed by atoms with Crippen molar-refractivity contribution in [3.05, 3.63) is 59.2 Å². The normalized spacial score (nSPS) is 10.6. The molecule has 3 aromatic rings. The van der Waals surface area contributed by atoms with Crippen molar-refractivity contribution in [1.82, 2.24) is 9.97 Å². The Kier molecular flexibility index (Phi) is 2.61. The summed E-state index contributed by atoms with van der Waals surface area (Å²) in [6, 6.07) is 15.9. The summed E-state index contributed by atoms with van der Waals surface area (Å²) < 4.78 is 1.05. The number of rotatable bonds is 1. The Balaban J connectivity index is 2.18. The van der Waals surface area contributed by atoms with Crippen LogP contribution in [0.2, 0.25) is 0 Å². The number of para-hydroxylation sites is 2. The van der Waals surface area contributed by atoms with Crippen LogP contribution in [0.25, 0.3) is 22.3 Å². The van der Waals surface area contributed by atoms with Gasteiger partial charge in [-0.25, -0.2) is 4.98 Å². The van der Waals surface area contributed by atoms with E-state index in [2.05, 4.69) is 25.9 Å². The van der Waals surface area contributed by atoms with Gasteiger partial charge < -0.3 is 0 Å². The molecule has 0 aliphatic carbocycles. The molecule has 2 nitrogen and oxygen atoms in total. The zero-order chi connectivity index (χ0) is 11.7. The van der Waals surface area contributed by atoms with Crippen LogP contribution in [0.1, 0.15) is 0 Å². The van der Waals surface area contributed by atoms with Gasteiger partial charge in [-0.15, -0.1) is 0 Å². The molecule has 0 amide bonds. The van der Waals surface area contributed by atoms with Crippen molar-refractivity contribution in [1.29, 1.82) is 0 Å². The summed E-state index contributed by atoms with van der Waals surface area (Å²) in [5.41, 5.74) is 3.80. The van der Waals surface area contributed by atoms with E-state index in [9.17, 15) is 0 Å². The summed E-state index contributed by atoms with van der Waals surface area (Å²) in [7, 11) is 0. The second-order valence-corrected chi connectivity index (χ2v) is 4.67. The molecular formula is C14H9BrN2. The lowest BCUT2D eigenvalue weighted by molar-refractivity contribution is 1.29. The molecule has 0 N–H and O–H groups in total. The molecule has 82 valence electrons. The Morgan fingerprint density at radius 1 is 0.882 bits per heavy atom. The largest absolute Gasteiger partial charge is 0.252 e. The molecule has 0 bridgehead atoms. The molecule has 0 aliphatic heterocycles. The smallest absolute Gasteiger partial charge is 0.0894 e. The molecule has 1 heterocycles. The van der Waals surface area contributed by atoms with E-state index in [1.165, 1.54) is 0 Å². The molecular weight excluding hydrogens is 276 g/mol. The molecule has 0 saturated heterocycles. The lowest BCUT2D eigenvalue weighted by Crippen LogP contribution is -1.88. The number of hydrogen-bond donors (Lipinski definition) is 0. The molecule has 0 spiro atoms. The number of hydrogen-bond acceptors (Lipinski definition) is 2. The van der Waals surface area contributed by atoms with E-state index >= 15 is 0 Å². The minimum Gasteiger partial charge on any atom is -0.252 e. The van der Waals surface area contributed by atoms with E-state index < -0.39 is 0 Å². The number of aromatic nitrogens is 2. The molecule has 2 aromatic carbocycles. The van der Waals surface area contributed by atoms with Gasteiger partial charge in [0.05, 0.1) is 22.9 Å². The van der Waals surface area contributed by atoms with E-state index in [4.69, 9.17) is 0 Å². The van der Waals surface area contributed by atoms with Gasteiger partial charge in [-0.3, -0.25) is 4.98 Å². The first-order valence-electron chi connectivity index (χ1n) is 5.31. The third kappa shape index (κ3) is 2.06. The first-order valence-corrected chi connectivity index (χ1v) is 6.10. The third-order valence-corrected chi connectivity index (χ3v) is 3.06. The minimum absolute atomic E-state index is 0.894. The second kappa shape index (κ2) is 4.26. The van der Waals surface area contributed by atoms with Crippen molar-refractivity contribution < 1.29 is 0 Å². The Hall–Kier alpha value is -1.74. The molecule has 3 heteroatoms. The highest BCUT2D eigenvalue weighted by atomic mass is 79.9. The van der Waals surface area contributed by atoms with E-state index in [1.807, 2.05) is 54.7 Å². The lowest BCUT2D eigenvalue weighted by Gasteiger charge is -2.02. The maximum atomic E-state index is 4.60. The monoisotopic (exact) mass is 284 g/mol. The Labute approximate surface area is 107 Å². The van der Waals surface area contributed by atoms with Crippen LogP contribution < -0.4 is 0 Å². The van der Waals surface area contributed by atoms with Gasteiger partial charge in [-0.05, 0) is 24.3 Å². The maximum Gasteiger partial charge on any atom is 0.0894 e. The van der Waals surface area contributed by atoms with Gasteiger partial charge >= 0.3 is 0 Å². The van der Waals surface area contributed by atoms with Gasteiger partial charge in [-0.1, -0.05) is 40.2 Å². The summed E-state index contributed by atoms with van der Waals surface area (Å²) in [6.45, 7) is 0. The van der Waals surface area contributed by atoms with Crippen molar-refractivity contribution in [2.75, 3.05) is 0 Å². The van der Waals surface area contributed by atoms with Gasteiger partial charge in [0.2, 0.25) is 0 Å². The van der Waals surface area contributed by atoms with Crippen LogP contribution in [-0.2, 0) is 0 Å². The predicted octanol–water partition coefficient (Wildman–Crippen LogP) is 4.06. The summed E-state index contributed by atoms with van der Waals surface area (Å²) in [5.74, 6) is 0. The average molecular weight is 285 g/mol. The third-order valence-electron chi connectivity index (χ3n) is 2.57. The van der Waals surface area contributed by atoms with Crippen molar-refractivity contribution in [3.63, 3.8) is 0 Å². The topological polar surface area (TPSA) is 25.8 Å². The van der Waals surface area contributed by atoms with Crippen molar-refractivity contribution in [2.24, 2.45) is 0 Å². The fraction of sp³-hybridized carbons (Fsp3) is 0. The molecule has 0 unspecified atom stereocenters. The van der Waals surface area contributed by atoms with Gasteiger partial charge in [0, 0.05) is 10.0 Å². The molecule has 3 rings (SSSR count). The van der Waals surface area contributed by atoms with Crippen LogP contribution in [0.15, 0.2) is 59.2 Å². The van der Waals surface area contributed by atoms with Crippen LogP contribution in [-0.4, -0.2) is 9.97 Å². The van der Waals surface area contributed by atoms with Crippen molar-refractivity contribution in [3.8, 4) is 11.3 Å². The SMILES string of the molecule is Brc1cccc(-c2cnc3ccccc3n2)c1. The Morgan fingerprint density at radius 3 is 2.53 bits per heavy atom. The lowest BCUT2D eigenvalue weighted by atomic mass is 10.1. The standard InChI is InChI=1S/C14H9BrN2/c15-11-5-3-4-10(8-11)14-9-16-12-6-1-2-7-13(12)17-14/h1-9H. The van der Waals surface area contributed by atoms with Crippen LogP contribution in [0.5, 0.6) is 0 Å². The Bertz CT molecular complexity index is 680. The fourth-order valence-electron chi connectivity index (χ4n) is 1.74. The predicted molar refractivity (Wildman–Crippen MR) is 72.7 cm³/mol. The van der Waals surface area contributed by atoms with E-state index in [0.29, 0.717) is 0 Å². The number of benzene rings is 2. The summed E-state index contributed by atoms with van der Waals surface area (Å²) in [5, 5.41) is 0. The minimum atomic E-state index is 0.894. The highest BCUT2D eigenvalue weighted by Gasteiger charge is 2.02. The zero-order valence-electron chi connectivity index (χ0n) is 8.97. The number of nitrogens with zero attached hydrogens (tertiary/aromatic N) is 2. The summed E-state index contributed by atoms with van der Waals surface area (Å²) in [4.78, 5) is 9.01. The number of fused-ring (bicyclic) bond motifs is 1.